The van der Waals surface area contributed by atoms with Gasteiger partial charge < -0.3 is 58.7 Å². The molecule has 7 rings (SSSR count). The van der Waals surface area contributed by atoms with Gasteiger partial charge >= 0.3 is 0 Å². The molecular formula is C72H91N15O11. The number of aromatic nitrogens is 6. The molecule has 520 valence electrons. The lowest BCUT2D eigenvalue weighted by molar-refractivity contribution is -0.149. The Morgan fingerprint density at radius 1 is 0.531 bits per heavy atom. The van der Waals surface area contributed by atoms with Crippen molar-refractivity contribution in [3.63, 3.8) is 0 Å². The molecule has 2 aromatic heterocycles. The lowest BCUT2D eigenvalue weighted by Gasteiger charge is -2.32. The van der Waals surface area contributed by atoms with Gasteiger partial charge in [-0.25, -0.2) is 9.36 Å². The molecule has 1 aliphatic carbocycles. The molecular weight excluding hydrogens is 1250 g/mol. The van der Waals surface area contributed by atoms with Gasteiger partial charge in [0, 0.05) is 111 Å². The van der Waals surface area contributed by atoms with Crippen molar-refractivity contribution in [2.24, 2.45) is 0 Å². The summed E-state index contributed by atoms with van der Waals surface area (Å²) in [6.45, 7) is 3.44. The van der Waals surface area contributed by atoms with Crippen LogP contribution in [-0.4, -0.2) is 246 Å². The normalized spacial score (nSPS) is 13.9. The minimum absolute atomic E-state index is 0.00406. The minimum atomic E-state index is -0.684. The van der Waals surface area contributed by atoms with Crippen molar-refractivity contribution in [2.75, 3.05) is 140 Å². The number of hydrogen-bond donors (Lipinski definition) is 1. The van der Waals surface area contributed by atoms with E-state index in [2.05, 4.69) is 38.6 Å². The Balaban J connectivity index is 1.08. The molecule has 0 spiro atoms. The average molecular weight is 1340 g/mol. The number of carbonyl (C=O) groups excluding carboxylic acids is 8. The number of anilines is 1. The quantitative estimate of drug-likeness (QED) is 0.0410. The maximum Gasteiger partial charge on any atom is 0.243 e. The van der Waals surface area contributed by atoms with E-state index in [9.17, 15) is 38.4 Å². The monoisotopic (exact) mass is 1340 g/mol. The number of ether oxygens (including phenoxy) is 3. The number of likely N-dealkylation sites (N-methyl/N-ethyl adjacent to an activating group) is 2. The highest BCUT2D eigenvalue weighted by molar-refractivity contribution is 6.00. The molecule has 0 unspecified atom stereocenters. The van der Waals surface area contributed by atoms with E-state index in [0.29, 0.717) is 47.5 Å². The lowest BCUT2D eigenvalue weighted by atomic mass is 10.0. The van der Waals surface area contributed by atoms with Crippen LogP contribution in [0, 0.1) is 0 Å². The van der Waals surface area contributed by atoms with Crippen molar-refractivity contribution in [3.8, 4) is 0 Å². The van der Waals surface area contributed by atoms with Crippen LogP contribution >= 0.6 is 0 Å². The van der Waals surface area contributed by atoms with Crippen LogP contribution < -0.4 is 10.2 Å². The predicted octanol–water partition coefficient (Wildman–Crippen LogP) is 4.61. The van der Waals surface area contributed by atoms with Crippen molar-refractivity contribution in [2.45, 2.75) is 52.6 Å². The smallest absolute Gasteiger partial charge is 0.243 e. The molecule has 0 atom stereocenters. The Kier molecular flexibility index (Phi) is 29.5. The zero-order chi connectivity index (χ0) is 70.5. The number of methoxy groups -OCH3 is 3. The first-order valence-electron chi connectivity index (χ1n) is 32.3. The average Bonchev–Trinajstić information content (AvgIpc) is 1.02. The number of carbonyl (C=O) groups is 8. The first-order chi connectivity index (χ1) is 47.2. The second-order valence-corrected chi connectivity index (χ2v) is 23.9. The van der Waals surface area contributed by atoms with Gasteiger partial charge in [-0.15, -0.1) is 10.2 Å². The number of hydrogen-bond acceptors (Lipinski definition) is 18. The molecule has 6 amide bonds. The van der Waals surface area contributed by atoms with Crippen molar-refractivity contribution >= 4 is 63.5 Å². The molecule has 6 aromatic rings. The van der Waals surface area contributed by atoms with Crippen LogP contribution in [0.4, 0.5) is 5.69 Å². The van der Waals surface area contributed by atoms with Crippen molar-refractivity contribution < 1.29 is 52.6 Å². The van der Waals surface area contributed by atoms with Gasteiger partial charge in [-0.05, 0) is 71.2 Å². The topological polar surface area (TPSA) is 264 Å². The highest BCUT2D eigenvalue weighted by atomic mass is 16.5. The van der Waals surface area contributed by atoms with Crippen LogP contribution in [0.3, 0.4) is 0 Å². The molecule has 0 aliphatic heterocycles. The summed E-state index contributed by atoms with van der Waals surface area (Å²) in [5, 5.41) is 22.0. The van der Waals surface area contributed by atoms with Gasteiger partial charge in [-0.1, -0.05) is 120 Å². The fourth-order valence-electron chi connectivity index (χ4n) is 10.4. The number of amides is 6. The molecule has 0 saturated heterocycles. The van der Waals surface area contributed by atoms with E-state index in [4.69, 9.17) is 14.2 Å². The maximum atomic E-state index is 14.9. The van der Waals surface area contributed by atoms with Gasteiger partial charge in [-0.3, -0.25) is 38.4 Å². The Labute approximate surface area is 573 Å². The third kappa shape index (κ3) is 23.5. The van der Waals surface area contributed by atoms with Gasteiger partial charge in [0.1, 0.15) is 44.1 Å². The summed E-state index contributed by atoms with van der Waals surface area (Å²) in [5.74, 6) is -3.82. The van der Waals surface area contributed by atoms with Gasteiger partial charge in [0.25, 0.3) is 0 Å². The first-order valence-corrected chi connectivity index (χ1v) is 32.3. The summed E-state index contributed by atoms with van der Waals surface area (Å²) in [7, 11) is 12.2. The van der Waals surface area contributed by atoms with E-state index in [0.717, 1.165) is 27.7 Å². The summed E-state index contributed by atoms with van der Waals surface area (Å²) in [6.07, 6.45) is 14.7. The number of nitrogens with one attached hydrogen (secondary N) is 1. The molecule has 0 saturated carbocycles. The largest absolute Gasteiger partial charge is 0.383 e. The second kappa shape index (κ2) is 38.5. The van der Waals surface area contributed by atoms with Crippen LogP contribution in [0.15, 0.2) is 169 Å². The Morgan fingerprint density at radius 3 is 1.56 bits per heavy atom. The Bertz CT molecular complexity index is 3820. The molecule has 0 radical (unpaired) electrons. The summed E-state index contributed by atoms with van der Waals surface area (Å²) in [4.78, 5) is 127. The molecule has 26 nitrogen and oxygen atoms in total. The molecule has 0 fully saturated rings. The molecule has 98 heavy (non-hydrogen) atoms. The van der Waals surface area contributed by atoms with Crippen molar-refractivity contribution in [3.05, 3.63) is 197 Å². The Morgan fingerprint density at radius 2 is 1.02 bits per heavy atom. The van der Waals surface area contributed by atoms with Gasteiger partial charge in [-0.2, -0.15) is 0 Å². The van der Waals surface area contributed by atoms with Crippen LogP contribution in [-0.2, 0) is 87.0 Å². The minimum Gasteiger partial charge on any atom is -0.383 e. The number of ketones is 2. The summed E-state index contributed by atoms with van der Waals surface area (Å²) < 4.78 is 18.8. The van der Waals surface area contributed by atoms with Crippen molar-refractivity contribution in [1.29, 1.82) is 0 Å². The number of nitrogens with zero attached hydrogens (tertiary/aromatic N) is 14. The van der Waals surface area contributed by atoms with Crippen molar-refractivity contribution in [1.82, 2.24) is 69.6 Å². The fraction of sp³-hybridized carbons (Fsp3) is 0.389. The third-order valence-corrected chi connectivity index (χ3v) is 16.0. The maximum absolute atomic E-state index is 14.9. The zero-order valence-electron chi connectivity index (χ0n) is 57.5. The van der Waals surface area contributed by atoms with E-state index in [1.165, 1.54) is 59.2 Å². The summed E-state index contributed by atoms with van der Waals surface area (Å²) in [5.41, 5.74) is 5.70. The molecule has 0 bridgehead atoms. The van der Waals surface area contributed by atoms with Gasteiger partial charge in [0.2, 0.25) is 35.4 Å². The van der Waals surface area contributed by atoms with Gasteiger partial charge in [0.05, 0.1) is 64.9 Å². The molecule has 4 aromatic carbocycles. The van der Waals surface area contributed by atoms with E-state index in [1.54, 1.807) is 44.5 Å². The Hall–Kier alpha value is -10.3. The highest BCUT2D eigenvalue weighted by Crippen LogP contribution is 2.23. The molecule has 2 heterocycles. The highest BCUT2D eigenvalue weighted by Gasteiger charge is 2.31. The number of fused-ring (bicyclic) bond motifs is 1. The first kappa shape index (κ1) is 75.1. The van der Waals surface area contributed by atoms with E-state index >= 15 is 0 Å². The van der Waals surface area contributed by atoms with Crippen LogP contribution in [0.1, 0.15) is 46.2 Å². The number of benzene rings is 4. The van der Waals surface area contributed by atoms with Gasteiger partial charge in [0.15, 0.2) is 11.6 Å². The lowest BCUT2D eigenvalue weighted by Crippen LogP contribution is -2.52. The molecule has 1 N–H and O–H groups in total. The second-order valence-electron chi connectivity index (χ2n) is 23.9. The van der Waals surface area contributed by atoms with E-state index < -0.39 is 61.6 Å². The van der Waals surface area contributed by atoms with Crippen LogP contribution in [0.25, 0.3) is 10.8 Å². The van der Waals surface area contributed by atoms with Crippen LogP contribution in [0.5, 0.6) is 0 Å². The number of rotatable bonds is 38. The van der Waals surface area contributed by atoms with Crippen LogP contribution in [0.2, 0.25) is 0 Å². The predicted molar refractivity (Wildman–Crippen MR) is 371 cm³/mol. The number of Topliss-reactive ketones (excluding diaryl/α,β-unsaturated/α-hetero) is 2. The van der Waals surface area contributed by atoms with E-state index in [-0.39, 0.29) is 102 Å². The fourth-order valence-corrected chi connectivity index (χ4v) is 10.4. The molecule has 1 aliphatic rings. The van der Waals surface area contributed by atoms with E-state index in [1.807, 2.05) is 141 Å². The third-order valence-electron chi connectivity index (χ3n) is 16.0. The SMILES string of the molecule is C=C1/C=C\C(C(=O)Cn2cc(CN(CC(=O)N(CCOC)CC(=O)N(CCOC)CC(=O)N(CC(=O)N(CC)Cc3cn(CC(=O)c4ccc5cc(N(C)C)ccc5c4)nn3)Cc3ccccc3)C(=O)CN(Cc3ccccc3)C(=O)CNCCOC)nn2)=C/C/C=C\C(N(C)C)=C/1. The summed E-state index contributed by atoms with van der Waals surface area (Å²) >= 11 is 0. The summed E-state index contributed by atoms with van der Waals surface area (Å²) in [6, 6.07) is 29.8. The standard InChI is InChI=1S/C72H91N15O11/c1-10-80(43-61-45-87(76-74-61)48-66(89)60-28-27-59-39-64(79(5)6)30-29-58(59)38-60)68(91)51-84(42-56-21-15-12-16-22-56)71(94)50-82(33-36-98-9)69(92)49-81(32-35-97-8)70(93)52-85(72(95)53-83(41-55-19-13-11-14-20-55)67(90)40-73-31-34-96-7)44-62-46-86(77-75-62)47-65(88)57-23-17-18-24-63(78(3)4)37-54(2)25-26-57/h11-16,18-30,37-39,45-46,73H,2,10,17,31-36,40-44,47-53H2,1,3-9H3/b24-18-,26-25-,57-23+,63-37+. The zero-order valence-corrected chi connectivity index (χ0v) is 57.5. The number of allylic oxidation sites excluding steroid dienone is 8. The molecule has 26 heteroatoms.